The van der Waals surface area contributed by atoms with E-state index in [2.05, 4.69) is 5.32 Å². The first kappa shape index (κ1) is 19.2. The van der Waals surface area contributed by atoms with E-state index in [1.807, 2.05) is 12.2 Å². The lowest BCUT2D eigenvalue weighted by atomic mass is 9.85. The van der Waals surface area contributed by atoms with Crippen molar-refractivity contribution in [1.82, 2.24) is 4.90 Å². The summed E-state index contributed by atoms with van der Waals surface area (Å²) >= 11 is 0. The fourth-order valence-corrected chi connectivity index (χ4v) is 5.12. The Morgan fingerprint density at radius 3 is 2.48 bits per heavy atom. The molecule has 3 aliphatic rings. The van der Waals surface area contributed by atoms with Crippen molar-refractivity contribution in [3.05, 3.63) is 70.7 Å². The molecule has 2 aromatic rings. The summed E-state index contributed by atoms with van der Waals surface area (Å²) in [5.41, 5.74) is 0.108. The highest BCUT2D eigenvalue weighted by atomic mass is 16.6. The first-order valence-electron chi connectivity index (χ1n) is 10.1. The number of amides is 3. The van der Waals surface area contributed by atoms with Crippen LogP contribution in [0.2, 0.25) is 0 Å². The zero-order chi connectivity index (χ0) is 21.7. The summed E-state index contributed by atoms with van der Waals surface area (Å²) in [5.74, 6) is -1.30. The Kier molecular flexibility index (Phi) is 4.46. The SMILES string of the molecule is O=C(CC(c1ccco1)N1C(=O)C2C3C=CC(C3)C2C1=O)Nc1cccc([N+](=O)[O-])c1. The van der Waals surface area contributed by atoms with Gasteiger partial charge in [-0.3, -0.25) is 29.4 Å². The highest BCUT2D eigenvalue weighted by Crippen LogP contribution is 2.54. The number of allylic oxidation sites excluding steroid dienone is 2. The molecular weight excluding hydrogens is 402 g/mol. The van der Waals surface area contributed by atoms with E-state index >= 15 is 0 Å². The highest BCUT2D eigenvalue weighted by molar-refractivity contribution is 6.07. The van der Waals surface area contributed by atoms with Crippen molar-refractivity contribution in [2.45, 2.75) is 18.9 Å². The first-order chi connectivity index (χ1) is 14.9. The normalized spacial score (nSPS) is 26.9. The Morgan fingerprint density at radius 1 is 1.16 bits per heavy atom. The molecule has 1 saturated carbocycles. The largest absolute Gasteiger partial charge is 0.467 e. The number of nitro groups is 1. The summed E-state index contributed by atoms with van der Waals surface area (Å²) in [6.45, 7) is 0. The Hall–Kier alpha value is -3.75. The van der Waals surface area contributed by atoms with Gasteiger partial charge in [-0.1, -0.05) is 18.2 Å². The number of hydrogen-bond acceptors (Lipinski definition) is 6. The molecule has 2 fully saturated rings. The van der Waals surface area contributed by atoms with Gasteiger partial charge in [0, 0.05) is 17.8 Å². The number of imide groups is 1. The van der Waals surface area contributed by atoms with Gasteiger partial charge < -0.3 is 9.73 Å². The van der Waals surface area contributed by atoms with Crippen LogP contribution in [0.5, 0.6) is 0 Å². The van der Waals surface area contributed by atoms with Crippen LogP contribution in [-0.4, -0.2) is 27.5 Å². The van der Waals surface area contributed by atoms with Crippen LogP contribution in [0.1, 0.15) is 24.6 Å². The maximum Gasteiger partial charge on any atom is 0.271 e. The van der Waals surface area contributed by atoms with E-state index in [1.54, 1.807) is 12.1 Å². The maximum atomic E-state index is 13.2. The van der Waals surface area contributed by atoms with E-state index in [-0.39, 0.29) is 53.3 Å². The molecule has 0 spiro atoms. The van der Waals surface area contributed by atoms with Gasteiger partial charge in [0.1, 0.15) is 11.8 Å². The number of nitrogens with zero attached hydrogens (tertiary/aromatic N) is 2. The molecule has 3 amide bonds. The van der Waals surface area contributed by atoms with E-state index in [4.69, 9.17) is 4.42 Å². The number of non-ortho nitro benzene ring substituents is 1. The minimum absolute atomic E-state index is 0.0624. The van der Waals surface area contributed by atoms with Gasteiger partial charge in [-0.25, -0.2) is 0 Å². The van der Waals surface area contributed by atoms with Gasteiger partial charge in [0.25, 0.3) is 5.69 Å². The average Bonchev–Trinajstić information content (AvgIpc) is 3.52. The van der Waals surface area contributed by atoms with Crippen molar-refractivity contribution >= 4 is 29.1 Å². The maximum absolute atomic E-state index is 13.2. The molecule has 9 nitrogen and oxygen atoms in total. The number of nitro benzene ring substituents is 1. The molecular formula is C22H19N3O6. The molecule has 2 aliphatic carbocycles. The Morgan fingerprint density at radius 2 is 1.87 bits per heavy atom. The third kappa shape index (κ3) is 3.13. The second kappa shape index (κ2) is 7.19. The van der Waals surface area contributed by atoms with Gasteiger partial charge in [0.05, 0.1) is 29.4 Å². The summed E-state index contributed by atoms with van der Waals surface area (Å²) in [5, 5.41) is 13.6. The van der Waals surface area contributed by atoms with Crippen LogP contribution in [0.25, 0.3) is 0 Å². The first-order valence-corrected chi connectivity index (χ1v) is 10.1. The second-order valence-electron chi connectivity index (χ2n) is 8.14. The van der Waals surface area contributed by atoms with Crippen molar-refractivity contribution in [2.24, 2.45) is 23.7 Å². The van der Waals surface area contributed by atoms with E-state index in [0.717, 1.165) is 6.42 Å². The summed E-state index contributed by atoms with van der Waals surface area (Å²) < 4.78 is 5.47. The van der Waals surface area contributed by atoms with Gasteiger partial charge in [0.15, 0.2) is 0 Å². The zero-order valence-electron chi connectivity index (χ0n) is 16.3. The fraction of sp³-hybridized carbons (Fsp3) is 0.318. The predicted molar refractivity (Wildman–Crippen MR) is 107 cm³/mol. The lowest BCUT2D eigenvalue weighted by Gasteiger charge is -2.26. The standard InChI is InChI=1S/C22H19N3O6/c26-18(23-14-3-1-4-15(10-14)25(29)30)11-16(17-5-2-8-31-17)24-21(27)19-12-6-7-13(9-12)20(19)22(24)28/h1-8,10,12-13,16,19-20H,9,11H2,(H,23,26). The van der Waals surface area contributed by atoms with Crippen molar-refractivity contribution in [3.8, 4) is 0 Å². The molecule has 5 unspecified atom stereocenters. The molecule has 5 atom stereocenters. The number of carbonyl (C=O) groups is 3. The number of fused-ring (bicyclic) bond motifs is 5. The summed E-state index contributed by atoms with van der Waals surface area (Å²) in [4.78, 5) is 50.8. The van der Waals surface area contributed by atoms with Crippen LogP contribution in [0.3, 0.4) is 0 Å². The molecule has 2 heterocycles. The number of likely N-dealkylation sites (tertiary alicyclic amines) is 1. The van der Waals surface area contributed by atoms with E-state index in [9.17, 15) is 24.5 Å². The molecule has 31 heavy (non-hydrogen) atoms. The van der Waals surface area contributed by atoms with Crippen LogP contribution < -0.4 is 5.32 Å². The van der Waals surface area contributed by atoms with Crippen molar-refractivity contribution in [2.75, 3.05) is 5.32 Å². The molecule has 158 valence electrons. The van der Waals surface area contributed by atoms with Crippen LogP contribution >= 0.6 is 0 Å². The van der Waals surface area contributed by atoms with Crippen LogP contribution in [0.4, 0.5) is 11.4 Å². The third-order valence-electron chi connectivity index (χ3n) is 6.41. The van der Waals surface area contributed by atoms with E-state index in [1.165, 1.54) is 35.4 Å². The lowest BCUT2D eigenvalue weighted by molar-refractivity contribution is -0.384. The monoisotopic (exact) mass is 421 g/mol. The molecule has 5 rings (SSSR count). The zero-order valence-corrected chi connectivity index (χ0v) is 16.3. The second-order valence-corrected chi connectivity index (χ2v) is 8.14. The average molecular weight is 421 g/mol. The minimum atomic E-state index is -0.876. The minimum Gasteiger partial charge on any atom is -0.467 e. The molecule has 1 saturated heterocycles. The smallest absolute Gasteiger partial charge is 0.271 e. The number of carbonyl (C=O) groups excluding carboxylic acids is 3. The Bertz CT molecular complexity index is 1080. The molecule has 1 N–H and O–H groups in total. The number of hydrogen-bond donors (Lipinski definition) is 1. The molecule has 1 aromatic carbocycles. The number of furan rings is 1. The number of rotatable bonds is 6. The van der Waals surface area contributed by atoms with Gasteiger partial charge >= 0.3 is 0 Å². The van der Waals surface area contributed by atoms with Crippen molar-refractivity contribution < 1.29 is 23.7 Å². The fourth-order valence-electron chi connectivity index (χ4n) is 5.12. The lowest BCUT2D eigenvalue weighted by Crippen LogP contribution is -2.38. The third-order valence-corrected chi connectivity index (χ3v) is 6.41. The molecule has 1 aromatic heterocycles. The van der Waals surface area contributed by atoms with Gasteiger partial charge in [-0.2, -0.15) is 0 Å². The number of anilines is 1. The van der Waals surface area contributed by atoms with Crippen molar-refractivity contribution in [1.29, 1.82) is 0 Å². The summed E-state index contributed by atoms with van der Waals surface area (Å²) in [6, 6.07) is 7.97. The molecule has 9 heteroatoms. The molecule has 1 aliphatic heterocycles. The van der Waals surface area contributed by atoms with Crippen molar-refractivity contribution in [3.63, 3.8) is 0 Å². The topological polar surface area (TPSA) is 123 Å². The summed E-state index contributed by atoms with van der Waals surface area (Å²) in [7, 11) is 0. The Balaban J connectivity index is 1.39. The predicted octanol–water partition coefficient (Wildman–Crippen LogP) is 3.06. The number of nitrogens with one attached hydrogen (secondary N) is 1. The van der Waals surface area contributed by atoms with E-state index in [0.29, 0.717) is 5.76 Å². The molecule has 0 radical (unpaired) electrons. The van der Waals surface area contributed by atoms with Crippen LogP contribution in [-0.2, 0) is 14.4 Å². The van der Waals surface area contributed by atoms with Crippen LogP contribution in [0, 0.1) is 33.8 Å². The highest BCUT2D eigenvalue weighted by Gasteiger charge is 2.60. The van der Waals surface area contributed by atoms with Gasteiger partial charge in [0.2, 0.25) is 17.7 Å². The van der Waals surface area contributed by atoms with Gasteiger partial charge in [-0.05, 0) is 36.5 Å². The van der Waals surface area contributed by atoms with Crippen LogP contribution in [0.15, 0.2) is 59.2 Å². The van der Waals surface area contributed by atoms with Gasteiger partial charge in [-0.15, -0.1) is 0 Å². The van der Waals surface area contributed by atoms with E-state index < -0.39 is 16.9 Å². The summed E-state index contributed by atoms with van der Waals surface area (Å²) in [6.07, 6.45) is 6.06. The quantitative estimate of drug-likeness (QED) is 0.331. The number of benzene rings is 1. The molecule has 2 bridgehead atoms. The Labute approximate surface area is 176 Å².